The maximum atomic E-state index is 13.5. The van der Waals surface area contributed by atoms with Crippen LogP contribution in [-0.2, 0) is 4.79 Å². The second kappa shape index (κ2) is 10.2. The van der Waals surface area contributed by atoms with Crippen molar-refractivity contribution >= 4 is 24.1 Å². The molecule has 8 heteroatoms. The molecule has 30 heavy (non-hydrogen) atoms. The van der Waals surface area contributed by atoms with Gasteiger partial charge >= 0.3 is 0 Å². The third-order valence-corrected chi connectivity index (χ3v) is 4.94. The van der Waals surface area contributed by atoms with E-state index >= 15 is 0 Å². The summed E-state index contributed by atoms with van der Waals surface area (Å²) in [6.45, 7) is 1.18. The summed E-state index contributed by atoms with van der Waals surface area (Å²) < 4.78 is 26.6. The Bertz CT molecular complexity index is 943. The van der Waals surface area contributed by atoms with Gasteiger partial charge in [0.1, 0.15) is 5.69 Å². The highest BCUT2D eigenvalue weighted by molar-refractivity contribution is 5.85. The van der Waals surface area contributed by atoms with Gasteiger partial charge in [-0.3, -0.25) is 9.59 Å². The van der Waals surface area contributed by atoms with Gasteiger partial charge in [0, 0.05) is 25.1 Å². The Hall–Kier alpha value is -3.00. The van der Waals surface area contributed by atoms with Crippen molar-refractivity contribution in [2.24, 2.45) is 4.99 Å². The molecule has 1 aliphatic heterocycles. The zero-order valence-electron chi connectivity index (χ0n) is 16.8. The summed E-state index contributed by atoms with van der Waals surface area (Å²) in [7, 11) is 1.74. The number of halogens is 2. The fraction of sp³-hybridized carbons (Fsp3) is 0.364. The highest BCUT2D eigenvalue weighted by Gasteiger charge is 2.17. The third kappa shape index (κ3) is 5.76. The molecule has 1 aliphatic rings. The maximum Gasteiger partial charge on any atom is 0.170 e. The molecule has 0 unspecified atom stereocenters. The monoisotopic (exact) mass is 414 g/mol. The molecule has 0 aliphatic carbocycles. The number of nitrogens with zero attached hydrogens (tertiary/aromatic N) is 3. The zero-order valence-corrected chi connectivity index (χ0v) is 16.8. The largest absolute Gasteiger partial charge is 0.358 e. The van der Waals surface area contributed by atoms with E-state index in [1.54, 1.807) is 24.1 Å². The number of ketones is 1. The van der Waals surface area contributed by atoms with Crippen LogP contribution in [0.15, 0.2) is 35.3 Å². The van der Waals surface area contributed by atoms with Crippen molar-refractivity contribution in [3.63, 3.8) is 0 Å². The predicted molar refractivity (Wildman–Crippen MR) is 111 cm³/mol. The van der Waals surface area contributed by atoms with Crippen LogP contribution in [-0.4, -0.2) is 54.5 Å². The molecule has 1 aromatic heterocycles. The number of likely N-dealkylation sites (N-methyl/N-ethyl adjacent to an activating group) is 1. The first-order valence-corrected chi connectivity index (χ1v) is 9.87. The molecule has 2 heterocycles. The number of aliphatic imine (C=N–C) groups is 1. The van der Waals surface area contributed by atoms with Gasteiger partial charge in [0.25, 0.3) is 0 Å². The van der Waals surface area contributed by atoms with Crippen LogP contribution in [0.2, 0.25) is 0 Å². The summed E-state index contributed by atoms with van der Waals surface area (Å²) in [5.41, 5.74) is 1.08. The van der Waals surface area contributed by atoms with Crippen molar-refractivity contribution in [3.05, 3.63) is 47.7 Å². The second-order valence-electron chi connectivity index (χ2n) is 7.40. The molecule has 1 saturated heterocycles. The fourth-order valence-corrected chi connectivity index (χ4v) is 3.40. The minimum atomic E-state index is -0.987. The van der Waals surface area contributed by atoms with E-state index in [1.165, 1.54) is 12.4 Å². The van der Waals surface area contributed by atoms with Gasteiger partial charge in [0.05, 0.1) is 24.3 Å². The minimum absolute atomic E-state index is 0.0691. The number of hydrogen-bond donors (Lipinski definition) is 1. The zero-order chi connectivity index (χ0) is 21.5. The summed E-state index contributed by atoms with van der Waals surface area (Å²) in [5.74, 6) is -1.82. The summed E-state index contributed by atoms with van der Waals surface area (Å²) in [6.07, 6.45) is 5.83. The summed E-state index contributed by atoms with van der Waals surface area (Å²) in [5, 5.41) is 3.36. The van der Waals surface area contributed by atoms with Gasteiger partial charge in [-0.25, -0.2) is 18.8 Å². The summed E-state index contributed by atoms with van der Waals surface area (Å²) in [4.78, 5) is 33.8. The smallest absolute Gasteiger partial charge is 0.170 e. The van der Waals surface area contributed by atoms with Crippen LogP contribution >= 0.6 is 0 Å². The van der Waals surface area contributed by atoms with E-state index < -0.39 is 11.6 Å². The van der Waals surface area contributed by atoms with E-state index in [0.29, 0.717) is 29.7 Å². The molecule has 0 spiro atoms. The number of aromatic nitrogens is 1. The Kier molecular flexibility index (Phi) is 7.35. The number of aldehydes is 1. The molecular formula is C22H24F2N4O2. The summed E-state index contributed by atoms with van der Waals surface area (Å²) in [6, 6.07) is 6.81. The topological polar surface area (TPSA) is 74.7 Å². The van der Waals surface area contributed by atoms with Crippen molar-refractivity contribution in [1.29, 1.82) is 0 Å². The highest BCUT2D eigenvalue weighted by Crippen LogP contribution is 2.24. The van der Waals surface area contributed by atoms with Gasteiger partial charge in [-0.1, -0.05) is 6.42 Å². The normalized spacial score (nSPS) is 16.6. The molecule has 1 N–H and O–H groups in total. The Morgan fingerprint density at radius 3 is 2.80 bits per heavy atom. The van der Waals surface area contributed by atoms with Crippen molar-refractivity contribution in [2.45, 2.75) is 31.7 Å². The number of pyridine rings is 1. The SMILES string of the molecule is CN(/C=N\c1ccc(-c2ccc(F)c(F)c2)nc1C=O)CC(=O)C[C@@H]1CCCCN1. The standard InChI is InChI=1S/C22H24F2N4O2/c1-28(12-17(30)11-16-4-2-3-9-25-16)14-26-21-8-7-20(27-22(21)13-29)15-5-6-18(23)19(24)10-15/h5-8,10,13-14,16,25H,2-4,9,11-12H2,1H3/b26-14-/t16-/m0/s1. The number of carbonyl (C=O) groups is 2. The molecule has 6 nitrogen and oxygen atoms in total. The number of nitrogens with one attached hydrogen (secondary N) is 1. The first-order chi connectivity index (χ1) is 14.5. The first-order valence-electron chi connectivity index (χ1n) is 9.87. The van der Waals surface area contributed by atoms with E-state index in [-0.39, 0.29) is 24.1 Å². The number of hydrogen-bond acceptors (Lipinski definition) is 5. The van der Waals surface area contributed by atoms with Crippen molar-refractivity contribution in [1.82, 2.24) is 15.2 Å². The van der Waals surface area contributed by atoms with E-state index in [0.717, 1.165) is 37.9 Å². The van der Waals surface area contributed by atoms with E-state index in [2.05, 4.69) is 15.3 Å². The van der Waals surface area contributed by atoms with Gasteiger partial charge in [0.2, 0.25) is 0 Å². The molecule has 3 rings (SSSR count). The van der Waals surface area contributed by atoms with Crippen LogP contribution in [0.4, 0.5) is 14.5 Å². The van der Waals surface area contributed by atoms with Crippen LogP contribution in [0.5, 0.6) is 0 Å². The lowest BCUT2D eigenvalue weighted by atomic mass is 10.00. The Morgan fingerprint density at radius 1 is 1.27 bits per heavy atom. The van der Waals surface area contributed by atoms with Gasteiger partial charge in [-0.05, 0) is 49.7 Å². The predicted octanol–water partition coefficient (Wildman–Crippen LogP) is 3.53. The molecule has 0 amide bonds. The molecule has 0 bridgehead atoms. The van der Waals surface area contributed by atoms with Gasteiger partial charge < -0.3 is 10.2 Å². The Morgan fingerprint density at radius 2 is 2.10 bits per heavy atom. The van der Waals surface area contributed by atoms with E-state index in [1.807, 2.05) is 0 Å². The number of rotatable bonds is 8. The molecule has 1 fully saturated rings. The van der Waals surface area contributed by atoms with Crippen molar-refractivity contribution in [3.8, 4) is 11.3 Å². The molecule has 1 aromatic carbocycles. The molecule has 0 saturated carbocycles. The van der Waals surface area contributed by atoms with Gasteiger partial charge in [-0.2, -0.15) is 0 Å². The van der Waals surface area contributed by atoms with Gasteiger partial charge in [0.15, 0.2) is 23.7 Å². The van der Waals surface area contributed by atoms with Crippen LogP contribution in [0.25, 0.3) is 11.3 Å². The maximum absolute atomic E-state index is 13.5. The van der Waals surface area contributed by atoms with Crippen LogP contribution < -0.4 is 5.32 Å². The molecule has 0 radical (unpaired) electrons. The summed E-state index contributed by atoms with van der Waals surface area (Å²) >= 11 is 0. The van der Waals surface area contributed by atoms with E-state index in [9.17, 15) is 18.4 Å². The highest BCUT2D eigenvalue weighted by atomic mass is 19.2. The molecular weight excluding hydrogens is 390 g/mol. The van der Waals surface area contributed by atoms with Crippen molar-refractivity contribution < 1.29 is 18.4 Å². The lowest BCUT2D eigenvalue weighted by molar-refractivity contribution is -0.119. The fourth-order valence-electron chi connectivity index (χ4n) is 3.40. The van der Waals surface area contributed by atoms with E-state index in [4.69, 9.17) is 0 Å². The lowest BCUT2D eigenvalue weighted by Crippen LogP contribution is -2.37. The molecule has 1 atom stereocenters. The number of benzene rings is 1. The molecule has 2 aromatic rings. The first kappa shape index (κ1) is 21.7. The van der Waals surface area contributed by atoms with Gasteiger partial charge in [-0.15, -0.1) is 0 Å². The number of carbonyl (C=O) groups excluding carboxylic acids is 2. The minimum Gasteiger partial charge on any atom is -0.358 e. The Labute approximate surface area is 174 Å². The second-order valence-corrected chi connectivity index (χ2v) is 7.40. The average molecular weight is 414 g/mol. The molecule has 158 valence electrons. The quantitative estimate of drug-likeness (QED) is 0.406. The number of Topliss-reactive ketones (excluding diaryl/α,β-unsaturated/α-hetero) is 1. The van der Waals surface area contributed by atoms with Crippen LogP contribution in [0, 0.1) is 11.6 Å². The average Bonchev–Trinajstić information content (AvgIpc) is 2.74. The van der Waals surface area contributed by atoms with Crippen molar-refractivity contribution in [2.75, 3.05) is 20.1 Å². The van der Waals surface area contributed by atoms with Crippen LogP contribution in [0.3, 0.4) is 0 Å². The Balaban J connectivity index is 1.64. The number of piperidine rings is 1. The lowest BCUT2D eigenvalue weighted by Gasteiger charge is -2.23. The third-order valence-electron chi connectivity index (χ3n) is 4.94. The van der Waals surface area contributed by atoms with Crippen LogP contribution in [0.1, 0.15) is 36.2 Å².